The Morgan fingerprint density at radius 1 is 1.22 bits per heavy atom. The Bertz CT molecular complexity index is 397. The minimum Gasteiger partial charge on any atom is -0.508 e. The molecule has 2 fully saturated rings. The summed E-state index contributed by atoms with van der Waals surface area (Å²) in [4.78, 5) is 2.59. The quantitative estimate of drug-likeness (QED) is 0.857. The van der Waals surface area contributed by atoms with Crippen LogP contribution in [0.15, 0.2) is 24.3 Å². The molecular weight excluding hydrogens is 224 g/mol. The average Bonchev–Trinajstić information content (AvgIpc) is 2.34. The maximum atomic E-state index is 9.70. The molecule has 1 aliphatic heterocycles. The highest BCUT2D eigenvalue weighted by Gasteiger charge is 2.33. The van der Waals surface area contributed by atoms with Crippen molar-refractivity contribution in [3.05, 3.63) is 29.8 Å². The summed E-state index contributed by atoms with van der Waals surface area (Å²) < 4.78 is 0. The summed E-state index contributed by atoms with van der Waals surface area (Å²) in [5, 5.41) is 13.1. The van der Waals surface area contributed by atoms with Crippen molar-refractivity contribution in [2.24, 2.45) is 5.92 Å². The highest BCUT2D eigenvalue weighted by molar-refractivity contribution is 5.30. The van der Waals surface area contributed by atoms with E-state index in [-0.39, 0.29) is 0 Å². The highest BCUT2D eigenvalue weighted by Crippen LogP contribution is 2.41. The van der Waals surface area contributed by atoms with Gasteiger partial charge in [-0.1, -0.05) is 18.6 Å². The molecule has 3 nitrogen and oxygen atoms in total. The second-order valence-electron chi connectivity index (χ2n) is 5.52. The Hall–Kier alpha value is -1.06. The van der Waals surface area contributed by atoms with E-state index in [4.69, 9.17) is 0 Å². The lowest BCUT2D eigenvalue weighted by atomic mass is 9.76. The lowest BCUT2D eigenvalue weighted by Crippen LogP contribution is -2.47. The van der Waals surface area contributed by atoms with E-state index in [0.717, 1.165) is 32.1 Å². The number of aromatic hydroxyl groups is 1. The maximum absolute atomic E-state index is 9.70. The molecule has 2 aliphatic rings. The van der Waals surface area contributed by atoms with Gasteiger partial charge in [0.05, 0.1) is 0 Å². The predicted molar refractivity (Wildman–Crippen MR) is 72.6 cm³/mol. The fraction of sp³-hybridized carbons (Fsp3) is 0.600. The first-order chi connectivity index (χ1) is 8.84. The molecule has 0 aromatic heterocycles. The number of rotatable bonds is 3. The minimum absolute atomic E-state index is 0.395. The van der Waals surface area contributed by atoms with Crippen LogP contribution in [0.3, 0.4) is 0 Å². The Morgan fingerprint density at radius 2 is 2.00 bits per heavy atom. The molecule has 98 valence electrons. The van der Waals surface area contributed by atoms with E-state index in [1.165, 1.54) is 24.8 Å². The van der Waals surface area contributed by atoms with Crippen LogP contribution in [0.25, 0.3) is 0 Å². The second-order valence-corrected chi connectivity index (χ2v) is 5.52. The molecule has 3 rings (SSSR count). The minimum atomic E-state index is 0.395. The van der Waals surface area contributed by atoms with Crippen molar-refractivity contribution in [2.75, 3.05) is 26.2 Å². The number of phenolic OH excluding ortho intramolecular Hbond substituents is 1. The van der Waals surface area contributed by atoms with Crippen LogP contribution in [0.5, 0.6) is 5.75 Å². The molecule has 18 heavy (non-hydrogen) atoms. The third-order valence-corrected chi connectivity index (χ3v) is 4.35. The SMILES string of the molecule is Oc1cccc([C@@H](C2CCC2)N2CCNCC2)c1. The fourth-order valence-electron chi connectivity index (χ4n) is 3.21. The van der Waals surface area contributed by atoms with Crippen LogP contribution in [-0.4, -0.2) is 36.2 Å². The Balaban J connectivity index is 1.84. The molecule has 1 aromatic rings. The van der Waals surface area contributed by atoms with Crippen LogP contribution >= 0.6 is 0 Å². The number of hydrogen-bond acceptors (Lipinski definition) is 3. The molecule has 2 N–H and O–H groups in total. The van der Waals surface area contributed by atoms with Crippen LogP contribution in [0.1, 0.15) is 30.9 Å². The van der Waals surface area contributed by atoms with Crippen molar-refractivity contribution in [1.82, 2.24) is 10.2 Å². The van der Waals surface area contributed by atoms with Gasteiger partial charge < -0.3 is 10.4 Å². The van der Waals surface area contributed by atoms with Gasteiger partial charge in [-0.05, 0) is 36.5 Å². The van der Waals surface area contributed by atoms with Gasteiger partial charge in [-0.25, -0.2) is 0 Å². The first-order valence-corrected chi connectivity index (χ1v) is 7.08. The lowest BCUT2D eigenvalue weighted by molar-refractivity contribution is 0.0836. The zero-order valence-corrected chi connectivity index (χ0v) is 10.8. The Morgan fingerprint density at radius 3 is 2.61 bits per heavy atom. The summed E-state index contributed by atoms with van der Waals surface area (Å²) in [5.41, 5.74) is 1.29. The number of nitrogens with one attached hydrogen (secondary N) is 1. The van der Waals surface area contributed by atoms with E-state index in [9.17, 15) is 5.11 Å². The number of piperazine rings is 1. The van der Waals surface area contributed by atoms with Gasteiger partial charge in [-0.3, -0.25) is 4.90 Å². The summed E-state index contributed by atoms with van der Waals surface area (Å²) in [6.07, 6.45) is 4.04. The molecule has 0 unspecified atom stereocenters. The van der Waals surface area contributed by atoms with Crippen LogP contribution in [-0.2, 0) is 0 Å². The van der Waals surface area contributed by atoms with E-state index >= 15 is 0 Å². The second kappa shape index (κ2) is 5.29. The predicted octanol–water partition coefficient (Wildman–Crippen LogP) is 2.14. The molecule has 1 aliphatic carbocycles. The Labute approximate surface area is 109 Å². The molecular formula is C15H22N2O. The molecule has 3 heteroatoms. The first-order valence-electron chi connectivity index (χ1n) is 7.08. The maximum Gasteiger partial charge on any atom is 0.115 e. The van der Waals surface area contributed by atoms with Crippen molar-refractivity contribution in [2.45, 2.75) is 25.3 Å². The van der Waals surface area contributed by atoms with E-state index in [1.807, 2.05) is 12.1 Å². The van der Waals surface area contributed by atoms with Crippen LogP contribution in [0, 0.1) is 5.92 Å². The number of benzene rings is 1. The van der Waals surface area contributed by atoms with Crippen molar-refractivity contribution < 1.29 is 5.11 Å². The summed E-state index contributed by atoms with van der Waals surface area (Å²) in [7, 11) is 0. The standard InChI is InChI=1S/C15H22N2O/c18-14-6-2-5-13(11-14)15(12-3-1-4-12)17-9-7-16-8-10-17/h2,5-6,11-12,15-16,18H,1,3-4,7-10H2/t15-/m1/s1. The van der Waals surface area contributed by atoms with Crippen molar-refractivity contribution in [1.29, 1.82) is 0 Å². The van der Waals surface area contributed by atoms with Gasteiger partial charge in [0.2, 0.25) is 0 Å². The van der Waals surface area contributed by atoms with Gasteiger partial charge >= 0.3 is 0 Å². The van der Waals surface area contributed by atoms with Crippen molar-refractivity contribution >= 4 is 0 Å². The zero-order chi connectivity index (χ0) is 12.4. The number of hydrogen-bond donors (Lipinski definition) is 2. The fourth-order valence-corrected chi connectivity index (χ4v) is 3.21. The van der Waals surface area contributed by atoms with Crippen molar-refractivity contribution in [3.8, 4) is 5.75 Å². The molecule has 1 saturated heterocycles. The normalized spacial score (nSPS) is 23.6. The third-order valence-electron chi connectivity index (χ3n) is 4.35. The molecule has 0 bridgehead atoms. The summed E-state index contributed by atoms with van der Waals surface area (Å²) in [6.45, 7) is 4.41. The number of nitrogens with zero attached hydrogens (tertiary/aromatic N) is 1. The van der Waals surface area contributed by atoms with Gasteiger partial charge in [-0.2, -0.15) is 0 Å². The van der Waals surface area contributed by atoms with Crippen molar-refractivity contribution in [3.63, 3.8) is 0 Å². The summed E-state index contributed by atoms with van der Waals surface area (Å²) >= 11 is 0. The van der Waals surface area contributed by atoms with Gasteiger partial charge in [-0.15, -0.1) is 0 Å². The van der Waals surface area contributed by atoms with E-state index in [1.54, 1.807) is 6.07 Å². The van der Waals surface area contributed by atoms with E-state index in [2.05, 4.69) is 16.3 Å². The number of phenols is 1. The zero-order valence-electron chi connectivity index (χ0n) is 10.8. The van der Waals surface area contributed by atoms with Crippen LogP contribution < -0.4 is 5.32 Å². The molecule has 1 aromatic carbocycles. The summed E-state index contributed by atoms with van der Waals surface area (Å²) in [5.74, 6) is 1.18. The largest absolute Gasteiger partial charge is 0.508 e. The van der Waals surface area contributed by atoms with Gasteiger partial charge in [0.25, 0.3) is 0 Å². The monoisotopic (exact) mass is 246 g/mol. The Kier molecular flexibility index (Phi) is 3.52. The third kappa shape index (κ3) is 2.38. The molecule has 1 atom stereocenters. The molecule has 1 saturated carbocycles. The smallest absolute Gasteiger partial charge is 0.115 e. The first kappa shape index (κ1) is 12.0. The lowest BCUT2D eigenvalue weighted by Gasteiger charge is -2.43. The van der Waals surface area contributed by atoms with E-state index < -0.39 is 0 Å². The molecule has 0 spiro atoms. The molecule has 1 heterocycles. The van der Waals surface area contributed by atoms with Crippen LogP contribution in [0.4, 0.5) is 0 Å². The molecule has 0 radical (unpaired) electrons. The molecule has 0 amide bonds. The van der Waals surface area contributed by atoms with E-state index in [0.29, 0.717) is 11.8 Å². The highest BCUT2D eigenvalue weighted by atomic mass is 16.3. The average molecular weight is 246 g/mol. The summed E-state index contributed by atoms with van der Waals surface area (Å²) in [6, 6.07) is 8.36. The topological polar surface area (TPSA) is 35.5 Å². The van der Waals surface area contributed by atoms with Gasteiger partial charge in [0, 0.05) is 32.2 Å². The van der Waals surface area contributed by atoms with Crippen LogP contribution in [0.2, 0.25) is 0 Å². The van der Waals surface area contributed by atoms with Gasteiger partial charge in [0.1, 0.15) is 5.75 Å². The van der Waals surface area contributed by atoms with Gasteiger partial charge in [0.15, 0.2) is 0 Å².